The molecule has 1 nitrogen and oxygen atoms in total. The minimum absolute atomic E-state index is 0.0745. The molecule has 0 spiro atoms. The average molecular weight is 330 g/mol. The van der Waals surface area contributed by atoms with Crippen molar-refractivity contribution < 1.29 is 13.2 Å². The van der Waals surface area contributed by atoms with Gasteiger partial charge < -0.3 is 5.32 Å². The van der Waals surface area contributed by atoms with E-state index >= 15 is 0 Å². The maximum Gasteiger partial charge on any atom is 0.161 e. The molecule has 0 amide bonds. The van der Waals surface area contributed by atoms with E-state index in [0.717, 1.165) is 21.8 Å². The van der Waals surface area contributed by atoms with Crippen molar-refractivity contribution in [3.63, 3.8) is 0 Å². The average Bonchev–Trinajstić information content (AvgIpc) is 2.36. The van der Waals surface area contributed by atoms with Crippen molar-refractivity contribution in [2.75, 3.05) is 5.32 Å². The van der Waals surface area contributed by atoms with Gasteiger partial charge in [-0.05, 0) is 46.6 Å². The molecule has 0 aliphatic carbocycles. The van der Waals surface area contributed by atoms with Gasteiger partial charge in [0.1, 0.15) is 5.82 Å². The molecule has 2 rings (SSSR count). The summed E-state index contributed by atoms with van der Waals surface area (Å²) in [5.41, 5.74) is 1.88. The van der Waals surface area contributed by atoms with E-state index in [0.29, 0.717) is 6.07 Å². The molecule has 100 valence electrons. The Kier molecular flexibility index (Phi) is 4.14. The number of rotatable bonds is 3. The first-order chi connectivity index (χ1) is 8.97. The molecule has 0 bridgehead atoms. The van der Waals surface area contributed by atoms with Crippen LogP contribution in [-0.4, -0.2) is 0 Å². The van der Waals surface area contributed by atoms with Crippen LogP contribution >= 0.6 is 15.9 Å². The summed E-state index contributed by atoms with van der Waals surface area (Å²) in [6.07, 6.45) is 0. The maximum atomic E-state index is 13.5. The molecule has 0 unspecified atom stereocenters. The van der Waals surface area contributed by atoms with Crippen LogP contribution in [0.25, 0.3) is 0 Å². The van der Waals surface area contributed by atoms with Crippen LogP contribution in [0, 0.1) is 24.4 Å². The Bertz CT molecular complexity index is 614. The molecule has 0 fully saturated rings. The van der Waals surface area contributed by atoms with Gasteiger partial charge in [0, 0.05) is 28.3 Å². The van der Waals surface area contributed by atoms with E-state index in [1.807, 2.05) is 25.1 Å². The van der Waals surface area contributed by atoms with Gasteiger partial charge in [-0.1, -0.05) is 6.07 Å². The summed E-state index contributed by atoms with van der Waals surface area (Å²) < 4.78 is 40.1. The van der Waals surface area contributed by atoms with Crippen LogP contribution in [0.2, 0.25) is 0 Å². The second kappa shape index (κ2) is 5.65. The summed E-state index contributed by atoms with van der Waals surface area (Å²) in [6.45, 7) is 2.00. The van der Waals surface area contributed by atoms with E-state index in [9.17, 15) is 13.2 Å². The largest absolute Gasteiger partial charge is 0.380 e. The van der Waals surface area contributed by atoms with Gasteiger partial charge in [-0.15, -0.1) is 0 Å². The minimum atomic E-state index is -1.18. The highest BCUT2D eigenvalue weighted by atomic mass is 79.9. The normalized spacial score (nSPS) is 10.6. The third kappa shape index (κ3) is 3.29. The van der Waals surface area contributed by atoms with Gasteiger partial charge in [-0.25, -0.2) is 13.2 Å². The van der Waals surface area contributed by atoms with Crippen molar-refractivity contribution in [3.8, 4) is 0 Å². The van der Waals surface area contributed by atoms with Crippen LogP contribution in [0.5, 0.6) is 0 Å². The van der Waals surface area contributed by atoms with Gasteiger partial charge in [0.2, 0.25) is 0 Å². The van der Waals surface area contributed by atoms with E-state index in [1.165, 1.54) is 0 Å². The molecule has 0 aromatic heterocycles. The van der Waals surface area contributed by atoms with Crippen molar-refractivity contribution >= 4 is 21.6 Å². The molecule has 2 aromatic rings. The van der Waals surface area contributed by atoms with Gasteiger partial charge in [0.25, 0.3) is 0 Å². The predicted molar refractivity (Wildman–Crippen MR) is 72.5 cm³/mol. The minimum Gasteiger partial charge on any atom is -0.380 e. The van der Waals surface area contributed by atoms with Crippen molar-refractivity contribution in [1.82, 2.24) is 0 Å². The monoisotopic (exact) mass is 329 g/mol. The number of benzene rings is 2. The number of hydrogen-bond donors (Lipinski definition) is 1. The van der Waals surface area contributed by atoms with E-state index in [2.05, 4.69) is 21.2 Å². The van der Waals surface area contributed by atoms with Gasteiger partial charge >= 0.3 is 0 Å². The quantitative estimate of drug-likeness (QED) is 0.798. The highest BCUT2D eigenvalue weighted by Crippen LogP contribution is 2.24. The van der Waals surface area contributed by atoms with Crippen LogP contribution in [0.4, 0.5) is 18.9 Å². The predicted octanol–water partition coefficient (Wildman–Crippen LogP) is 4.79. The van der Waals surface area contributed by atoms with Gasteiger partial charge in [-0.3, -0.25) is 0 Å². The third-order valence-corrected chi connectivity index (χ3v) is 3.37. The van der Waals surface area contributed by atoms with Gasteiger partial charge in [0.15, 0.2) is 11.6 Å². The molecule has 0 radical (unpaired) electrons. The third-order valence-electron chi connectivity index (χ3n) is 2.68. The molecule has 0 aliphatic heterocycles. The fourth-order valence-corrected chi connectivity index (χ4v) is 2.05. The molecule has 2 aromatic carbocycles. The van der Waals surface area contributed by atoms with Crippen LogP contribution in [0.1, 0.15) is 11.1 Å². The lowest BCUT2D eigenvalue weighted by atomic mass is 10.2. The fourth-order valence-electron chi connectivity index (χ4n) is 1.66. The Balaban J connectivity index is 2.19. The Morgan fingerprint density at radius 1 is 1.00 bits per heavy atom. The summed E-state index contributed by atoms with van der Waals surface area (Å²) in [7, 11) is 0. The van der Waals surface area contributed by atoms with Crippen LogP contribution in [-0.2, 0) is 6.54 Å². The molecule has 0 heterocycles. The zero-order chi connectivity index (χ0) is 14.0. The lowest BCUT2D eigenvalue weighted by Gasteiger charge is -2.10. The summed E-state index contributed by atoms with van der Waals surface area (Å²) in [4.78, 5) is 0. The smallest absolute Gasteiger partial charge is 0.161 e. The molecular weight excluding hydrogens is 319 g/mol. The number of aryl methyl sites for hydroxylation is 1. The zero-order valence-electron chi connectivity index (χ0n) is 10.1. The number of hydrogen-bond acceptors (Lipinski definition) is 1. The van der Waals surface area contributed by atoms with Crippen LogP contribution in [0.3, 0.4) is 0 Å². The first kappa shape index (κ1) is 13.9. The van der Waals surface area contributed by atoms with Crippen molar-refractivity contribution in [1.29, 1.82) is 0 Å². The first-order valence-corrected chi connectivity index (χ1v) is 6.40. The van der Waals surface area contributed by atoms with Crippen molar-refractivity contribution in [2.45, 2.75) is 13.5 Å². The molecule has 0 aliphatic rings. The summed E-state index contributed by atoms with van der Waals surface area (Å²) in [6, 6.07) is 7.08. The fraction of sp³-hybridized carbons (Fsp3) is 0.143. The number of nitrogens with one attached hydrogen (secondary N) is 1. The molecule has 5 heteroatoms. The van der Waals surface area contributed by atoms with E-state index < -0.39 is 17.5 Å². The summed E-state index contributed by atoms with van der Waals surface area (Å²) in [5.74, 6) is -3.00. The highest BCUT2D eigenvalue weighted by molar-refractivity contribution is 9.10. The SMILES string of the molecule is Cc1ccc(Br)c(NCc2cc(F)c(F)cc2F)c1. The van der Waals surface area contributed by atoms with E-state index in [-0.39, 0.29) is 12.1 Å². The molecule has 0 saturated heterocycles. The molecule has 0 saturated carbocycles. The Morgan fingerprint density at radius 3 is 2.42 bits per heavy atom. The lowest BCUT2D eigenvalue weighted by molar-refractivity contribution is 0.490. The van der Waals surface area contributed by atoms with Gasteiger partial charge in [0.05, 0.1) is 0 Å². The van der Waals surface area contributed by atoms with E-state index in [4.69, 9.17) is 0 Å². The second-order valence-corrected chi connectivity index (χ2v) is 5.05. The molecular formula is C14H11BrF3N. The van der Waals surface area contributed by atoms with Crippen molar-refractivity contribution in [3.05, 3.63) is 63.4 Å². The topological polar surface area (TPSA) is 12.0 Å². The standard InChI is InChI=1S/C14H11BrF3N/c1-8-2-3-10(15)14(4-8)19-7-9-5-12(17)13(18)6-11(9)16/h2-6,19H,7H2,1H3. The molecule has 1 N–H and O–H groups in total. The number of halogens is 4. The molecule has 19 heavy (non-hydrogen) atoms. The molecule has 0 atom stereocenters. The summed E-state index contributed by atoms with van der Waals surface area (Å²) >= 11 is 3.36. The lowest BCUT2D eigenvalue weighted by Crippen LogP contribution is -2.04. The highest BCUT2D eigenvalue weighted by Gasteiger charge is 2.10. The maximum absolute atomic E-state index is 13.5. The zero-order valence-corrected chi connectivity index (χ0v) is 11.7. The Labute approximate surface area is 117 Å². The van der Waals surface area contributed by atoms with Crippen molar-refractivity contribution in [2.24, 2.45) is 0 Å². The number of anilines is 1. The van der Waals surface area contributed by atoms with E-state index in [1.54, 1.807) is 0 Å². The van der Waals surface area contributed by atoms with Crippen LogP contribution in [0.15, 0.2) is 34.8 Å². The second-order valence-electron chi connectivity index (χ2n) is 4.19. The first-order valence-electron chi connectivity index (χ1n) is 5.61. The Hall–Kier alpha value is -1.49. The van der Waals surface area contributed by atoms with Crippen LogP contribution < -0.4 is 5.32 Å². The van der Waals surface area contributed by atoms with Gasteiger partial charge in [-0.2, -0.15) is 0 Å². The summed E-state index contributed by atoms with van der Waals surface area (Å²) in [5, 5.41) is 2.98. The Morgan fingerprint density at radius 2 is 1.68 bits per heavy atom.